The number of nitrogens with zero attached hydrogens (tertiary/aromatic N) is 1. The number of benzene rings is 1. The third kappa shape index (κ3) is 2.72. The van der Waals surface area contributed by atoms with Gasteiger partial charge < -0.3 is 15.9 Å². The maximum absolute atomic E-state index is 10.4. The van der Waals surface area contributed by atoms with Gasteiger partial charge in [-0.05, 0) is 17.7 Å². The summed E-state index contributed by atoms with van der Waals surface area (Å²) in [5, 5.41) is 28.6. The van der Waals surface area contributed by atoms with Crippen molar-refractivity contribution in [3.8, 4) is 0 Å². The molecule has 0 saturated heterocycles. The minimum absolute atomic E-state index is 0.0523. The van der Waals surface area contributed by atoms with Crippen molar-refractivity contribution >= 4 is 5.69 Å². The highest BCUT2D eigenvalue weighted by atomic mass is 16.6. The highest BCUT2D eigenvalue weighted by molar-refractivity contribution is 5.34. The van der Waals surface area contributed by atoms with Crippen LogP contribution in [-0.2, 0) is 0 Å². The van der Waals surface area contributed by atoms with Crippen molar-refractivity contribution < 1.29 is 15.1 Å². The summed E-state index contributed by atoms with van der Waals surface area (Å²) in [4.78, 5) is 9.82. The van der Waals surface area contributed by atoms with E-state index in [9.17, 15) is 15.2 Å². The molecule has 1 aromatic rings. The van der Waals surface area contributed by atoms with Gasteiger partial charge >= 0.3 is 0 Å². The van der Waals surface area contributed by atoms with Crippen LogP contribution < -0.4 is 5.73 Å². The predicted molar refractivity (Wildman–Crippen MR) is 53.1 cm³/mol. The number of non-ortho nitro benzene ring substituents is 1. The lowest BCUT2D eigenvalue weighted by Gasteiger charge is -2.16. The van der Waals surface area contributed by atoms with Crippen molar-refractivity contribution in [1.29, 1.82) is 0 Å². The Bertz CT molecular complexity index is 338. The van der Waals surface area contributed by atoms with Gasteiger partial charge in [0.25, 0.3) is 5.69 Å². The molecule has 0 fully saturated rings. The van der Waals surface area contributed by atoms with Gasteiger partial charge in [-0.25, -0.2) is 0 Å². The zero-order chi connectivity index (χ0) is 11.4. The van der Waals surface area contributed by atoms with Crippen LogP contribution in [0.1, 0.15) is 11.7 Å². The minimum Gasteiger partial charge on any atom is -0.395 e. The molecule has 0 saturated carbocycles. The fourth-order valence-electron chi connectivity index (χ4n) is 1.14. The summed E-state index contributed by atoms with van der Waals surface area (Å²) in [5.41, 5.74) is 5.81. The standard InChI is InChI=1S/C9H12N2O4/c10-8(5-12)9(13)6-1-3-7(4-2-6)11(14)15/h1-4,8-9,12-13H,5,10H2/t8-,9-/m1/s1. The number of hydrogen-bond donors (Lipinski definition) is 3. The van der Waals surface area contributed by atoms with Crippen LogP contribution in [0, 0.1) is 10.1 Å². The molecule has 2 atom stereocenters. The average Bonchev–Trinajstić information content (AvgIpc) is 2.27. The number of nitro benzene ring substituents is 1. The lowest BCUT2D eigenvalue weighted by Crippen LogP contribution is -2.31. The van der Waals surface area contributed by atoms with Gasteiger partial charge in [-0.15, -0.1) is 0 Å². The molecule has 82 valence electrons. The minimum atomic E-state index is -1.02. The summed E-state index contributed by atoms with van der Waals surface area (Å²) >= 11 is 0. The average molecular weight is 212 g/mol. The molecular formula is C9H12N2O4. The lowest BCUT2D eigenvalue weighted by atomic mass is 10.0. The molecule has 0 spiro atoms. The van der Waals surface area contributed by atoms with Crippen LogP contribution in [0.5, 0.6) is 0 Å². The molecule has 4 N–H and O–H groups in total. The summed E-state index contributed by atoms with van der Waals surface area (Å²) < 4.78 is 0. The van der Waals surface area contributed by atoms with Gasteiger partial charge in [0.2, 0.25) is 0 Å². The van der Waals surface area contributed by atoms with Crippen molar-refractivity contribution in [3.63, 3.8) is 0 Å². The van der Waals surface area contributed by atoms with Gasteiger partial charge in [0.1, 0.15) is 0 Å². The monoisotopic (exact) mass is 212 g/mol. The molecule has 0 bridgehead atoms. The van der Waals surface area contributed by atoms with Crippen LogP contribution in [0.2, 0.25) is 0 Å². The molecular weight excluding hydrogens is 200 g/mol. The number of aliphatic hydroxyl groups is 2. The van der Waals surface area contributed by atoms with Crippen LogP contribution in [0.4, 0.5) is 5.69 Å². The molecule has 0 aliphatic rings. The zero-order valence-corrected chi connectivity index (χ0v) is 7.91. The highest BCUT2D eigenvalue weighted by Crippen LogP contribution is 2.19. The zero-order valence-electron chi connectivity index (χ0n) is 7.91. The van der Waals surface area contributed by atoms with Gasteiger partial charge in [0, 0.05) is 12.1 Å². The van der Waals surface area contributed by atoms with E-state index >= 15 is 0 Å². The smallest absolute Gasteiger partial charge is 0.269 e. The molecule has 1 rings (SSSR count). The topological polar surface area (TPSA) is 110 Å². The second-order valence-electron chi connectivity index (χ2n) is 3.14. The van der Waals surface area contributed by atoms with Crippen molar-refractivity contribution in [3.05, 3.63) is 39.9 Å². The molecule has 0 radical (unpaired) electrons. The molecule has 1 aromatic carbocycles. The van der Waals surface area contributed by atoms with Gasteiger partial charge in [0.05, 0.1) is 23.7 Å². The van der Waals surface area contributed by atoms with E-state index in [1.165, 1.54) is 24.3 Å². The van der Waals surface area contributed by atoms with E-state index in [4.69, 9.17) is 10.8 Å². The van der Waals surface area contributed by atoms with Crippen LogP contribution in [0.15, 0.2) is 24.3 Å². The van der Waals surface area contributed by atoms with E-state index in [1.807, 2.05) is 0 Å². The Morgan fingerprint density at radius 3 is 2.33 bits per heavy atom. The summed E-state index contributed by atoms with van der Waals surface area (Å²) in [7, 11) is 0. The quantitative estimate of drug-likeness (QED) is 0.478. The fourth-order valence-corrected chi connectivity index (χ4v) is 1.14. The summed E-state index contributed by atoms with van der Waals surface area (Å²) in [6, 6.07) is 4.61. The van der Waals surface area contributed by atoms with Crippen molar-refractivity contribution in [1.82, 2.24) is 0 Å². The lowest BCUT2D eigenvalue weighted by molar-refractivity contribution is -0.384. The number of nitro groups is 1. The second-order valence-corrected chi connectivity index (χ2v) is 3.14. The maximum Gasteiger partial charge on any atom is 0.269 e. The van der Waals surface area contributed by atoms with Gasteiger partial charge in [0.15, 0.2) is 0 Å². The SMILES string of the molecule is N[C@H](CO)[C@H](O)c1ccc([N+](=O)[O-])cc1. The van der Waals surface area contributed by atoms with E-state index in [0.29, 0.717) is 5.56 Å². The highest BCUT2D eigenvalue weighted by Gasteiger charge is 2.16. The predicted octanol–water partition coefficient (Wildman–Crippen LogP) is -0.0522. The van der Waals surface area contributed by atoms with Gasteiger partial charge in [-0.1, -0.05) is 0 Å². The number of aliphatic hydroxyl groups excluding tert-OH is 2. The van der Waals surface area contributed by atoms with E-state index in [-0.39, 0.29) is 12.3 Å². The number of hydrogen-bond acceptors (Lipinski definition) is 5. The van der Waals surface area contributed by atoms with E-state index in [0.717, 1.165) is 0 Å². The second kappa shape index (κ2) is 4.83. The Hall–Kier alpha value is -1.50. The molecule has 0 heterocycles. The number of rotatable bonds is 4. The molecule has 0 aliphatic heterocycles. The first-order chi connectivity index (χ1) is 7.06. The first-order valence-corrected chi connectivity index (χ1v) is 4.35. The molecule has 0 aromatic heterocycles. The summed E-state index contributed by atoms with van der Waals surface area (Å²) in [6.45, 7) is -0.349. The molecule has 0 amide bonds. The molecule has 0 unspecified atom stereocenters. The van der Waals surface area contributed by atoms with Crippen LogP contribution in [-0.4, -0.2) is 27.8 Å². The van der Waals surface area contributed by atoms with E-state index < -0.39 is 17.1 Å². The Balaban J connectivity index is 2.84. The Kier molecular flexibility index (Phi) is 3.73. The fraction of sp³-hybridized carbons (Fsp3) is 0.333. The van der Waals surface area contributed by atoms with Crippen molar-refractivity contribution in [2.45, 2.75) is 12.1 Å². The molecule has 0 aliphatic carbocycles. The summed E-state index contributed by atoms with van der Waals surface area (Å²) in [5.74, 6) is 0. The van der Waals surface area contributed by atoms with Crippen molar-refractivity contribution in [2.24, 2.45) is 5.73 Å². The van der Waals surface area contributed by atoms with Gasteiger partial charge in [-0.2, -0.15) is 0 Å². The third-order valence-electron chi connectivity index (χ3n) is 2.06. The van der Waals surface area contributed by atoms with Crippen LogP contribution in [0.3, 0.4) is 0 Å². The van der Waals surface area contributed by atoms with Crippen LogP contribution >= 0.6 is 0 Å². The van der Waals surface area contributed by atoms with Gasteiger partial charge in [-0.3, -0.25) is 10.1 Å². The van der Waals surface area contributed by atoms with E-state index in [2.05, 4.69) is 0 Å². The van der Waals surface area contributed by atoms with Crippen LogP contribution in [0.25, 0.3) is 0 Å². The van der Waals surface area contributed by atoms with E-state index in [1.54, 1.807) is 0 Å². The first kappa shape index (κ1) is 11.6. The third-order valence-corrected chi connectivity index (χ3v) is 2.06. The maximum atomic E-state index is 10.4. The molecule has 6 heteroatoms. The summed E-state index contributed by atoms with van der Waals surface area (Å²) in [6.07, 6.45) is -1.02. The van der Waals surface area contributed by atoms with Crippen molar-refractivity contribution in [2.75, 3.05) is 6.61 Å². The Morgan fingerprint density at radius 1 is 1.40 bits per heavy atom. The Morgan fingerprint density at radius 2 is 1.93 bits per heavy atom. The Labute approximate surface area is 86.1 Å². The first-order valence-electron chi connectivity index (χ1n) is 4.35. The number of nitrogens with two attached hydrogens (primary N) is 1. The largest absolute Gasteiger partial charge is 0.395 e. The molecule has 6 nitrogen and oxygen atoms in total. The molecule has 15 heavy (non-hydrogen) atoms. The normalized spacial score (nSPS) is 14.6.